The molecule has 0 saturated heterocycles. The van der Waals surface area contributed by atoms with Crippen LogP contribution in [0.3, 0.4) is 0 Å². The fourth-order valence-electron chi connectivity index (χ4n) is 7.83. The van der Waals surface area contributed by atoms with E-state index in [4.69, 9.17) is 4.42 Å². The van der Waals surface area contributed by atoms with E-state index < -0.39 is 0 Å². The third-order valence-electron chi connectivity index (χ3n) is 9.84. The van der Waals surface area contributed by atoms with Crippen molar-refractivity contribution < 1.29 is 4.42 Å². The van der Waals surface area contributed by atoms with Gasteiger partial charge in [-0.3, -0.25) is 0 Å². The Morgan fingerprint density at radius 1 is 0.298 bits per heavy atom. The molecule has 0 N–H and O–H groups in total. The molecule has 1 heteroatoms. The van der Waals surface area contributed by atoms with Crippen LogP contribution in [0.1, 0.15) is 0 Å². The minimum absolute atomic E-state index is 0.916. The maximum atomic E-state index is 6.41. The van der Waals surface area contributed by atoms with E-state index in [0.717, 1.165) is 11.2 Å². The van der Waals surface area contributed by atoms with Crippen LogP contribution in [-0.4, -0.2) is 0 Å². The molecule has 0 saturated carbocycles. The van der Waals surface area contributed by atoms with Gasteiger partial charge < -0.3 is 4.42 Å². The summed E-state index contributed by atoms with van der Waals surface area (Å²) in [5, 5.41) is 12.3. The standard InChI is InChI=1S/C46H28O/c1-2-13-30(14-3-1)43-37-17-6-8-19-39(37)44(40-20-9-7-18-38(40)43)36-22-10-15-31-28-32(24-26-33(31)36)35-21-11-23-41-46(35)45-34-16-5-4-12-29(34)25-27-42(45)47-41/h1-28H. The van der Waals surface area contributed by atoms with Gasteiger partial charge in [0.05, 0.1) is 0 Å². The maximum absolute atomic E-state index is 6.41. The fourth-order valence-corrected chi connectivity index (χ4v) is 7.83. The maximum Gasteiger partial charge on any atom is 0.136 e. The molecule has 218 valence electrons. The summed E-state index contributed by atoms with van der Waals surface area (Å²) in [5.74, 6) is 0. The SMILES string of the molecule is c1ccc(-c2c3ccccc3c(-c3cccc4cc(-c5cccc6oc7ccc8ccccc8c7c56)ccc34)c3ccccc23)cc1. The van der Waals surface area contributed by atoms with E-state index >= 15 is 0 Å². The van der Waals surface area contributed by atoms with Gasteiger partial charge >= 0.3 is 0 Å². The van der Waals surface area contributed by atoms with Gasteiger partial charge in [-0.05, 0) is 94.7 Å². The molecule has 0 aliphatic carbocycles. The third-order valence-corrected chi connectivity index (χ3v) is 9.84. The molecule has 1 aromatic heterocycles. The largest absolute Gasteiger partial charge is 0.456 e. The number of furan rings is 1. The Morgan fingerprint density at radius 2 is 0.894 bits per heavy atom. The first-order chi connectivity index (χ1) is 23.3. The van der Waals surface area contributed by atoms with Crippen LogP contribution in [0.2, 0.25) is 0 Å². The zero-order chi connectivity index (χ0) is 30.9. The highest BCUT2D eigenvalue weighted by Crippen LogP contribution is 2.46. The smallest absolute Gasteiger partial charge is 0.136 e. The second kappa shape index (κ2) is 10.2. The number of hydrogen-bond donors (Lipinski definition) is 0. The average Bonchev–Trinajstić information content (AvgIpc) is 3.53. The van der Waals surface area contributed by atoms with E-state index in [1.807, 2.05) is 0 Å². The molecule has 0 fully saturated rings. The van der Waals surface area contributed by atoms with Crippen LogP contribution in [0.4, 0.5) is 0 Å². The van der Waals surface area contributed by atoms with Crippen molar-refractivity contribution in [3.05, 3.63) is 170 Å². The van der Waals surface area contributed by atoms with Gasteiger partial charge in [-0.2, -0.15) is 0 Å². The van der Waals surface area contributed by atoms with Crippen LogP contribution in [0, 0.1) is 0 Å². The van der Waals surface area contributed by atoms with Gasteiger partial charge in [0, 0.05) is 10.8 Å². The molecule has 0 spiro atoms. The van der Waals surface area contributed by atoms with Crippen molar-refractivity contribution in [3.8, 4) is 33.4 Å². The van der Waals surface area contributed by atoms with Crippen LogP contribution in [0.5, 0.6) is 0 Å². The number of benzene rings is 9. The second-order valence-electron chi connectivity index (χ2n) is 12.4. The molecule has 47 heavy (non-hydrogen) atoms. The highest BCUT2D eigenvalue weighted by atomic mass is 16.3. The molecule has 1 heterocycles. The first kappa shape index (κ1) is 26.1. The van der Waals surface area contributed by atoms with Gasteiger partial charge in [0.2, 0.25) is 0 Å². The molecule has 0 bridgehead atoms. The highest BCUT2D eigenvalue weighted by molar-refractivity contribution is 6.25. The minimum atomic E-state index is 0.916. The summed E-state index contributed by atoms with van der Waals surface area (Å²) in [6.45, 7) is 0. The Morgan fingerprint density at radius 3 is 1.66 bits per heavy atom. The Kier molecular flexibility index (Phi) is 5.64. The Bertz CT molecular complexity index is 2780. The van der Waals surface area contributed by atoms with Gasteiger partial charge in [-0.1, -0.05) is 152 Å². The van der Waals surface area contributed by atoms with E-state index in [-0.39, 0.29) is 0 Å². The van der Waals surface area contributed by atoms with Crippen molar-refractivity contribution in [1.82, 2.24) is 0 Å². The summed E-state index contributed by atoms with van der Waals surface area (Å²) in [5.41, 5.74) is 9.27. The normalized spacial score (nSPS) is 11.8. The third kappa shape index (κ3) is 3.90. The predicted molar refractivity (Wildman–Crippen MR) is 200 cm³/mol. The van der Waals surface area contributed by atoms with Crippen LogP contribution < -0.4 is 0 Å². The zero-order valence-corrected chi connectivity index (χ0v) is 25.6. The molecule has 10 aromatic rings. The van der Waals surface area contributed by atoms with E-state index in [2.05, 4.69) is 170 Å². The number of rotatable bonds is 3. The van der Waals surface area contributed by atoms with Crippen LogP contribution in [0.25, 0.3) is 98.4 Å². The number of fused-ring (bicyclic) bond motifs is 8. The quantitative estimate of drug-likeness (QED) is 0.185. The Balaban J connectivity index is 1.24. The summed E-state index contributed by atoms with van der Waals surface area (Å²) >= 11 is 0. The van der Waals surface area contributed by atoms with Crippen molar-refractivity contribution in [2.45, 2.75) is 0 Å². The molecular weight excluding hydrogens is 569 g/mol. The molecule has 9 aromatic carbocycles. The van der Waals surface area contributed by atoms with E-state index in [1.54, 1.807) is 0 Å². The van der Waals surface area contributed by atoms with Crippen molar-refractivity contribution in [2.24, 2.45) is 0 Å². The highest BCUT2D eigenvalue weighted by Gasteiger charge is 2.19. The molecule has 0 aliphatic heterocycles. The molecule has 0 radical (unpaired) electrons. The summed E-state index contributed by atoms with van der Waals surface area (Å²) in [6, 6.07) is 61.5. The summed E-state index contributed by atoms with van der Waals surface area (Å²) in [6.07, 6.45) is 0. The lowest BCUT2D eigenvalue weighted by molar-refractivity contribution is 0.669. The lowest BCUT2D eigenvalue weighted by Crippen LogP contribution is -1.91. The Hall–Kier alpha value is -6.18. The molecule has 0 amide bonds. The van der Waals surface area contributed by atoms with Crippen molar-refractivity contribution >= 4 is 65.0 Å². The molecule has 0 atom stereocenters. The first-order valence-corrected chi connectivity index (χ1v) is 16.2. The number of hydrogen-bond acceptors (Lipinski definition) is 1. The van der Waals surface area contributed by atoms with Gasteiger partial charge in [0.1, 0.15) is 11.2 Å². The monoisotopic (exact) mass is 596 g/mol. The molecule has 1 nitrogen and oxygen atoms in total. The van der Waals surface area contributed by atoms with Gasteiger partial charge in [-0.25, -0.2) is 0 Å². The van der Waals surface area contributed by atoms with E-state index in [0.29, 0.717) is 0 Å². The average molecular weight is 597 g/mol. The van der Waals surface area contributed by atoms with Gasteiger partial charge in [0.15, 0.2) is 0 Å². The Labute approximate surface area is 271 Å². The fraction of sp³-hybridized carbons (Fsp3) is 0. The summed E-state index contributed by atoms with van der Waals surface area (Å²) in [4.78, 5) is 0. The van der Waals surface area contributed by atoms with Crippen molar-refractivity contribution in [2.75, 3.05) is 0 Å². The van der Waals surface area contributed by atoms with Crippen LogP contribution in [-0.2, 0) is 0 Å². The first-order valence-electron chi connectivity index (χ1n) is 16.2. The van der Waals surface area contributed by atoms with E-state index in [1.165, 1.54) is 87.2 Å². The lowest BCUT2D eigenvalue weighted by Gasteiger charge is -2.19. The molecule has 0 unspecified atom stereocenters. The topological polar surface area (TPSA) is 13.1 Å². The second-order valence-corrected chi connectivity index (χ2v) is 12.4. The summed E-state index contributed by atoms with van der Waals surface area (Å²) < 4.78 is 6.41. The summed E-state index contributed by atoms with van der Waals surface area (Å²) in [7, 11) is 0. The van der Waals surface area contributed by atoms with Crippen LogP contribution in [0.15, 0.2) is 174 Å². The molecule has 0 aliphatic rings. The van der Waals surface area contributed by atoms with Crippen LogP contribution >= 0.6 is 0 Å². The van der Waals surface area contributed by atoms with Gasteiger partial charge in [-0.15, -0.1) is 0 Å². The lowest BCUT2D eigenvalue weighted by atomic mass is 9.84. The van der Waals surface area contributed by atoms with Crippen molar-refractivity contribution in [1.29, 1.82) is 0 Å². The molecule has 10 rings (SSSR count). The zero-order valence-electron chi connectivity index (χ0n) is 25.6. The van der Waals surface area contributed by atoms with Crippen molar-refractivity contribution in [3.63, 3.8) is 0 Å². The predicted octanol–water partition coefficient (Wildman–Crippen LogP) is 13.2. The molecular formula is C46H28O. The minimum Gasteiger partial charge on any atom is -0.456 e. The van der Waals surface area contributed by atoms with E-state index in [9.17, 15) is 0 Å². The van der Waals surface area contributed by atoms with Gasteiger partial charge in [0.25, 0.3) is 0 Å².